The number of carbonyl (C=O) groups excluding carboxylic acids is 2. The second kappa shape index (κ2) is 8.57. The molecule has 3 aromatic carbocycles. The summed E-state index contributed by atoms with van der Waals surface area (Å²) in [6.45, 7) is 0. The van der Waals surface area contributed by atoms with E-state index in [2.05, 4.69) is 26.6 Å². The van der Waals surface area contributed by atoms with Gasteiger partial charge in [0.05, 0.1) is 10.6 Å². The SMILES string of the molecule is O=C(Nc1ccc(NC(=O)c2cc(Br)ccc2Cl)cc1)c1cccc(Cl)c1. The highest BCUT2D eigenvalue weighted by atomic mass is 79.9. The van der Waals surface area contributed by atoms with Gasteiger partial charge < -0.3 is 10.6 Å². The first kappa shape index (κ1) is 19.4. The van der Waals surface area contributed by atoms with E-state index in [9.17, 15) is 9.59 Å². The standard InChI is InChI=1S/C20H13BrCl2N2O2/c21-13-4-9-18(23)17(11-13)20(27)25-16-7-5-15(6-8-16)24-19(26)12-2-1-3-14(22)10-12/h1-11H,(H,24,26)(H,25,27). The Kier molecular flexibility index (Phi) is 6.16. The van der Waals surface area contributed by atoms with Crippen molar-refractivity contribution in [2.75, 3.05) is 10.6 Å². The van der Waals surface area contributed by atoms with E-state index in [1.54, 1.807) is 66.7 Å². The average molecular weight is 464 g/mol. The molecule has 0 fully saturated rings. The highest BCUT2D eigenvalue weighted by Crippen LogP contribution is 2.23. The van der Waals surface area contributed by atoms with Gasteiger partial charge >= 0.3 is 0 Å². The van der Waals surface area contributed by atoms with E-state index in [4.69, 9.17) is 23.2 Å². The third kappa shape index (κ3) is 5.10. The van der Waals surface area contributed by atoms with E-state index in [0.717, 1.165) is 4.47 Å². The molecule has 0 saturated carbocycles. The van der Waals surface area contributed by atoms with Crippen molar-refractivity contribution in [1.82, 2.24) is 0 Å². The van der Waals surface area contributed by atoms with Gasteiger partial charge in [-0.25, -0.2) is 0 Å². The van der Waals surface area contributed by atoms with E-state index in [1.807, 2.05) is 0 Å². The van der Waals surface area contributed by atoms with Crippen LogP contribution >= 0.6 is 39.1 Å². The molecule has 3 aromatic rings. The molecule has 3 rings (SSSR count). The van der Waals surface area contributed by atoms with E-state index in [-0.39, 0.29) is 11.8 Å². The average Bonchev–Trinajstić information content (AvgIpc) is 2.65. The van der Waals surface area contributed by atoms with E-state index in [0.29, 0.717) is 32.5 Å². The molecule has 0 atom stereocenters. The topological polar surface area (TPSA) is 58.2 Å². The summed E-state index contributed by atoms with van der Waals surface area (Å²) in [6.07, 6.45) is 0. The van der Waals surface area contributed by atoms with Crippen LogP contribution in [-0.2, 0) is 0 Å². The van der Waals surface area contributed by atoms with Gasteiger partial charge in [-0.15, -0.1) is 0 Å². The van der Waals surface area contributed by atoms with E-state index >= 15 is 0 Å². The predicted octanol–water partition coefficient (Wildman–Crippen LogP) is 6.26. The zero-order chi connectivity index (χ0) is 19.4. The van der Waals surface area contributed by atoms with Gasteiger partial charge in [0.15, 0.2) is 0 Å². The van der Waals surface area contributed by atoms with Gasteiger partial charge in [-0.2, -0.15) is 0 Å². The number of benzene rings is 3. The molecule has 0 aliphatic heterocycles. The number of hydrogen-bond acceptors (Lipinski definition) is 2. The summed E-state index contributed by atoms with van der Waals surface area (Å²) < 4.78 is 0.760. The number of carbonyl (C=O) groups is 2. The maximum Gasteiger partial charge on any atom is 0.257 e. The summed E-state index contributed by atoms with van der Waals surface area (Å²) in [5.41, 5.74) is 2.00. The van der Waals surface area contributed by atoms with Gasteiger partial charge in [0.1, 0.15) is 0 Å². The van der Waals surface area contributed by atoms with Crippen LogP contribution in [0.2, 0.25) is 10.0 Å². The Morgan fingerprint density at radius 3 is 2.04 bits per heavy atom. The maximum absolute atomic E-state index is 12.4. The van der Waals surface area contributed by atoms with Gasteiger partial charge in [-0.1, -0.05) is 45.2 Å². The van der Waals surface area contributed by atoms with Crippen LogP contribution in [0.1, 0.15) is 20.7 Å². The Morgan fingerprint density at radius 2 is 1.41 bits per heavy atom. The zero-order valence-electron chi connectivity index (χ0n) is 13.8. The van der Waals surface area contributed by atoms with E-state index in [1.165, 1.54) is 0 Å². The van der Waals surface area contributed by atoms with Gasteiger partial charge in [0.2, 0.25) is 0 Å². The minimum atomic E-state index is -0.322. The molecule has 0 heterocycles. The highest BCUT2D eigenvalue weighted by Gasteiger charge is 2.12. The summed E-state index contributed by atoms with van der Waals surface area (Å²) in [4.78, 5) is 24.6. The molecule has 0 spiro atoms. The lowest BCUT2D eigenvalue weighted by atomic mass is 10.2. The quantitative estimate of drug-likeness (QED) is 0.479. The first-order chi connectivity index (χ1) is 12.9. The van der Waals surface area contributed by atoms with Crippen LogP contribution in [0.15, 0.2) is 71.2 Å². The Hall–Kier alpha value is -2.34. The molecule has 2 N–H and O–H groups in total. The molecule has 27 heavy (non-hydrogen) atoms. The number of amides is 2. The van der Waals surface area contributed by atoms with Crippen molar-refractivity contribution in [1.29, 1.82) is 0 Å². The Morgan fingerprint density at radius 1 is 0.778 bits per heavy atom. The van der Waals surface area contributed by atoms with Crippen LogP contribution in [0.25, 0.3) is 0 Å². The summed E-state index contributed by atoms with van der Waals surface area (Å²) in [7, 11) is 0. The number of nitrogens with one attached hydrogen (secondary N) is 2. The molecule has 136 valence electrons. The number of anilines is 2. The molecule has 0 aliphatic carbocycles. The lowest BCUT2D eigenvalue weighted by Gasteiger charge is -2.09. The third-order valence-electron chi connectivity index (χ3n) is 3.66. The maximum atomic E-state index is 12.4. The summed E-state index contributed by atoms with van der Waals surface area (Å²) >= 11 is 15.3. The van der Waals surface area contributed by atoms with Crippen molar-refractivity contribution >= 4 is 62.3 Å². The normalized spacial score (nSPS) is 10.3. The summed E-state index contributed by atoms with van der Waals surface area (Å²) in [5.74, 6) is -0.591. The van der Waals surface area contributed by atoms with Crippen molar-refractivity contribution in [3.8, 4) is 0 Å². The molecule has 4 nitrogen and oxygen atoms in total. The molecular formula is C20H13BrCl2N2O2. The number of halogens is 3. The minimum Gasteiger partial charge on any atom is -0.322 e. The Labute approximate surface area is 174 Å². The van der Waals surface area contributed by atoms with Crippen LogP contribution in [0.4, 0.5) is 11.4 Å². The molecule has 0 aliphatic rings. The fourth-order valence-corrected chi connectivity index (χ4v) is 3.09. The summed E-state index contributed by atoms with van der Waals surface area (Å²) in [6, 6.07) is 18.5. The minimum absolute atomic E-state index is 0.268. The van der Waals surface area contributed by atoms with Gasteiger partial charge in [-0.05, 0) is 60.7 Å². The van der Waals surface area contributed by atoms with Crippen molar-refractivity contribution < 1.29 is 9.59 Å². The molecule has 0 unspecified atom stereocenters. The van der Waals surface area contributed by atoms with E-state index < -0.39 is 0 Å². The lowest BCUT2D eigenvalue weighted by Crippen LogP contribution is -2.13. The zero-order valence-corrected chi connectivity index (χ0v) is 16.9. The van der Waals surface area contributed by atoms with Crippen molar-refractivity contribution in [2.45, 2.75) is 0 Å². The van der Waals surface area contributed by atoms with Gasteiger partial charge in [0, 0.05) is 26.4 Å². The Bertz CT molecular complexity index is 1010. The molecular weight excluding hydrogens is 451 g/mol. The van der Waals surface area contributed by atoms with Crippen LogP contribution in [0.5, 0.6) is 0 Å². The Balaban J connectivity index is 1.67. The smallest absolute Gasteiger partial charge is 0.257 e. The highest BCUT2D eigenvalue weighted by molar-refractivity contribution is 9.10. The van der Waals surface area contributed by atoms with Gasteiger partial charge in [0.25, 0.3) is 11.8 Å². The third-order valence-corrected chi connectivity index (χ3v) is 4.72. The van der Waals surface area contributed by atoms with Crippen molar-refractivity contribution in [2.24, 2.45) is 0 Å². The molecule has 2 amide bonds. The number of hydrogen-bond donors (Lipinski definition) is 2. The first-order valence-electron chi connectivity index (χ1n) is 7.86. The summed E-state index contributed by atoms with van der Waals surface area (Å²) in [5, 5.41) is 6.40. The first-order valence-corrected chi connectivity index (χ1v) is 9.40. The monoisotopic (exact) mass is 462 g/mol. The lowest BCUT2D eigenvalue weighted by molar-refractivity contribution is 0.101. The van der Waals surface area contributed by atoms with Crippen LogP contribution in [0.3, 0.4) is 0 Å². The van der Waals surface area contributed by atoms with Crippen LogP contribution in [0, 0.1) is 0 Å². The van der Waals surface area contributed by atoms with Gasteiger partial charge in [-0.3, -0.25) is 9.59 Å². The van der Waals surface area contributed by atoms with Crippen LogP contribution in [-0.4, -0.2) is 11.8 Å². The molecule has 7 heteroatoms. The van der Waals surface area contributed by atoms with Crippen molar-refractivity contribution in [3.05, 3.63) is 92.4 Å². The second-order valence-electron chi connectivity index (χ2n) is 5.62. The molecule has 0 radical (unpaired) electrons. The predicted molar refractivity (Wildman–Crippen MR) is 113 cm³/mol. The second-order valence-corrected chi connectivity index (χ2v) is 7.38. The van der Waals surface area contributed by atoms with Crippen LogP contribution < -0.4 is 10.6 Å². The fourth-order valence-electron chi connectivity index (χ4n) is 2.34. The number of rotatable bonds is 4. The molecule has 0 bridgehead atoms. The molecule has 0 aromatic heterocycles. The largest absolute Gasteiger partial charge is 0.322 e. The molecule has 0 saturated heterocycles. The fraction of sp³-hybridized carbons (Fsp3) is 0. The van der Waals surface area contributed by atoms with Crippen molar-refractivity contribution in [3.63, 3.8) is 0 Å².